The van der Waals surface area contributed by atoms with Crippen LogP contribution in [0.5, 0.6) is 0 Å². The van der Waals surface area contributed by atoms with E-state index in [2.05, 4.69) is 0 Å². The maximum atomic E-state index is 12.6. The zero-order valence-electron chi connectivity index (χ0n) is 14.4. The summed E-state index contributed by atoms with van der Waals surface area (Å²) >= 11 is 12.3. The van der Waals surface area contributed by atoms with Crippen molar-refractivity contribution in [2.45, 2.75) is 12.5 Å². The topological polar surface area (TPSA) is 74.8 Å². The van der Waals surface area contributed by atoms with Gasteiger partial charge in [-0.2, -0.15) is 0 Å². The van der Waals surface area contributed by atoms with Crippen LogP contribution >= 0.6 is 35.6 Å². The van der Waals surface area contributed by atoms with Gasteiger partial charge in [0.2, 0.25) is 5.91 Å². The van der Waals surface area contributed by atoms with E-state index in [1.54, 1.807) is 31.3 Å². The number of thioether (sulfide) groups is 1. The Morgan fingerprint density at radius 1 is 1.48 bits per heavy atom. The van der Waals surface area contributed by atoms with Crippen LogP contribution in [0.15, 0.2) is 29.2 Å². The maximum Gasteiger partial charge on any atom is 0.266 e. The van der Waals surface area contributed by atoms with Crippen LogP contribution in [0.1, 0.15) is 12.0 Å². The molecule has 144 valence electrons. The highest BCUT2D eigenvalue weighted by molar-refractivity contribution is 8.26. The fraction of sp³-hybridized carbons (Fsp3) is 0.353. The minimum Gasteiger partial charge on any atom is -0.340 e. The van der Waals surface area contributed by atoms with E-state index in [9.17, 15) is 18.0 Å². The van der Waals surface area contributed by atoms with Gasteiger partial charge >= 0.3 is 0 Å². The lowest BCUT2D eigenvalue weighted by Crippen LogP contribution is -2.45. The molecule has 2 aliphatic heterocycles. The molecule has 0 saturated carbocycles. The number of nitrogens with zero attached hydrogens (tertiary/aromatic N) is 2. The molecule has 6 nitrogen and oxygen atoms in total. The Balaban J connectivity index is 1.69. The zero-order valence-corrected chi connectivity index (χ0v) is 17.6. The third-order valence-electron chi connectivity index (χ3n) is 4.46. The lowest BCUT2D eigenvalue weighted by atomic mass is 10.2. The molecule has 1 aromatic rings. The lowest BCUT2D eigenvalue weighted by Gasteiger charge is -2.25. The van der Waals surface area contributed by atoms with Crippen molar-refractivity contribution in [2.24, 2.45) is 0 Å². The Kier molecular flexibility index (Phi) is 5.95. The molecular weight excluding hydrogens is 428 g/mol. The second-order valence-corrected chi connectivity index (χ2v) is 10.7. The number of carbonyl (C=O) groups is 2. The number of likely N-dealkylation sites (N-methyl/N-ethyl adjacent to an activating group) is 1. The molecule has 0 aliphatic carbocycles. The van der Waals surface area contributed by atoms with Gasteiger partial charge in [-0.25, -0.2) is 8.42 Å². The van der Waals surface area contributed by atoms with Gasteiger partial charge in [0.25, 0.3) is 5.91 Å². The van der Waals surface area contributed by atoms with Gasteiger partial charge in [0.05, 0.1) is 16.4 Å². The van der Waals surface area contributed by atoms with Gasteiger partial charge in [-0.15, -0.1) is 0 Å². The Morgan fingerprint density at radius 3 is 2.85 bits per heavy atom. The summed E-state index contributed by atoms with van der Waals surface area (Å²) in [6, 6.07) is 6.71. The largest absolute Gasteiger partial charge is 0.340 e. The summed E-state index contributed by atoms with van der Waals surface area (Å²) in [6.45, 7) is -0.204. The molecule has 1 aromatic carbocycles. The van der Waals surface area contributed by atoms with Crippen LogP contribution in [-0.2, 0) is 19.4 Å². The van der Waals surface area contributed by atoms with Crippen molar-refractivity contribution in [2.75, 3.05) is 25.1 Å². The number of sulfone groups is 1. The molecule has 0 aromatic heterocycles. The molecule has 3 rings (SSSR count). The molecule has 1 unspecified atom stereocenters. The van der Waals surface area contributed by atoms with Crippen LogP contribution in [0.4, 0.5) is 0 Å². The van der Waals surface area contributed by atoms with E-state index in [0.29, 0.717) is 20.7 Å². The third-order valence-corrected chi connectivity index (χ3v) is 7.83. The third kappa shape index (κ3) is 4.71. The molecule has 2 aliphatic rings. The van der Waals surface area contributed by atoms with Crippen LogP contribution < -0.4 is 0 Å². The van der Waals surface area contributed by atoms with Gasteiger partial charge in [-0.1, -0.05) is 47.7 Å². The fourth-order valence-electron chi connectivity index (χ4n) is 2.92. The maximum absolute atomic E-state index is 12.6. The molecule has 2 fully saturated rings. The standard InChI is InChI=1S/C17H17ClN2O4S3/c1-19(13-5-6-27(23,24)10-13)15(21)9-20-16(22)14(26-17(20)25)8-11-3-2-4-12(18)7-11/h2-4,7-8,13H,5-6,9-10H2,1H3/b14-8-. The van der Waals surface area contributed by atoms with Crippen LogP contribution in [0.25, 0.3) is 6.08 Å². The molecule has 0 N–H and O–H groups in total. The highest BCUT2D eigenvalue weighted by Gasteiger charge is 2.37. The number of benzene rings is 1. The van der Waals surface area contributed by atoms with Gasteiger partial charge in [0.1, 0.15) is 10.9 Å². The van der Waals surface area contributed by atoms with Gasteiger partial charge in [0.15, 0.2) is 9.84 Å². The van der Waals surface area contributed by atoms with E-state index in [-0.39, 0.29) is 35.9 Å². The summed E-state index contributed by atoms with van der Waals surface area (Å²) < 4.78 is 23.5. The minimum atomic E-state index is -3.09. The highest BCUT2D eigenvalue weighted by atomic mass is 35.5. The van der Waals surface area contributed by atoms with Gasteiger partial charge in [0, 0.05) is 18.1 Å². The van der Waals surface area contributed by atoms with Crippen LogP contribution in [0, 0.1) is 0 Å². The first-order chi connectivity index (χ1) is 12.7. The predicted molar refractivity (Wildman–Crippen MR) is 111 cm³/mol. The molecule has 1 atom stereocenters. The molecule has 0 radical (unpaired) electrons. The van der Waals surface area contributed by atoms with Gasteiger partial charge in [-0.05, 0) is 30.2 Å². The summed E-state index contributed by atoms with van der Waals surface area (Å²) in [6.07, 6.45) is 2.10. The van der Waals surface area contributed by atoms with Gasteiger partial charge in [-0.3, -0.25) is 14.5 Å². The van der Waals surface area contributed by atoms with E-state index in [1.165, 1.54) is 9.80 Å². The first-order valence-corrected chi connectivity index (χ1v) is 11.6. The molecule has 2 amide bonds. The SMILES string of the molecule is CN(C(=O)CN1C(=O)/C(=C/c2cccc(Cl)c2)SC1=S)C1CCS(=O)(=O)C1. The summed E-state index contributed by atoms with van der Waals surface area (Å²) in [7, 11) is -1.53. The van der Waals surface area contributed by atoms with E-state index in [0.717, 1.165) is 17.3 Å². The van der Waals surface area contributed by atoms with E-state index >= 15 is 0 Å². The van der Waals surface area contributed by atoms with Gasteiger partial charge < -0.3 is 4.90 Å². The van der Waals surface area contributed by atoms with Crippen molar-refractivity contribution in [1.82, 2.24) is 9.80 Å². The highest BCUT2D eigenvalue weighted by Crippen LogP contribution is 2.33. The summed E-state index contributed by atoms with van der Waals surface area (Å²) in [5.41, 5.74) is 0.766. The quantitative estimate of drug-likeness (QED) is 0.523. The molecule has 10 heteroatoms. The van der Waals surface area contributed by atoms with Crippen molar-refractivity contribution < 1.29 is 18.0 Å². The molecule has 0 bridgehead atoms. The molecule has 2 heterocycles. The average molecular weight is 445 g/mol. The van der Waals surface area contributed by atoms with Crippen molar-refractivity contribution in [3.8, 4) is 0 Å². The molecule has 27 heavy (non-hydrogen) atoms. The number of thiocarbonyl (C=S) groups is 1. The number of rotatable bonds is 4. The van der Waals surface area contributed by atoms with Crippen LogP contribution in [-0.4, -0.2) is 65.5 Å². The number of hydrogen-bond donors (Lipinski definition) is 0. The Hall–Kier alpha value is -1.42. The van der Waals surface area contributed by atoms with E-state index < -0.39 is 9.84 Å². The van der Waals surface area contributed by atoms with Crippen molar-refractivity contribution in [3.05, 3.63) is 39.8 Å². The summed E-state index contributed by atoms with van der Waals surface area (Å²) in [4.78, 5) is 28.2. The Bertz CT molecular complexity index is 945. The zero-order chi connectivity index (χ0) is 19.8. The van der Waals surface area contributed by atoms with Crippen molar-refractivity contribution in [3.63, 3.8) is 0 Å². The monoisotopic (exact) mass is 444 g/mol. The number of hydrogen-bond acceptors (Lipinski definition) is 6. The fourth-order valence-corrected chi connectivity index (χ4v) is 6.14. The lowest BCUT2D eigenvalue weighted by molar-refractivity contribution is -0.135. The molecular formula is C17H17ClN2O4S3. The average Bonchev–Trinajstić information content (AvgIpc) is 3.08. The second-order valence-electron chi connectivity index (χ2n) is 6.38. The number of halogens is 1. The minimum absolute atomic E-state index is 0.0394. The molecule has 0 spiro atoms. The smallest absolute Gasteiger partial charge is 0.266 e. The van der Waals surface area contributed by atoms with Crippen LogP contribution in [0.3, 0.4) is 0 Å². The Labute approximate surface area is 172 Å². The second kappa shape index (κ2) is 7.90. The van der Waals surface area contributed by atoms with Crippen molar-refractivity contribution >= 4 is 67.6 Å². The summed E-state index contributed by atoms with van der Waals surface area (Å²) in [5.74, 6) is -0.635. The number of amides is 2. The first-order valence-electron chi connectivity index (χ1n) is 8.13. The molecule has 2 saturated heterocycles. The van der Waals surface area contributed by atoms with Crippen LogP contribution in [0.2, 0.25) is 5.02 Å². The first kappa shape index (κ1) is 20.3. The van der Waals surface area contributed by atoms with E-state index in [4.69, 9.17) is 23.8 Å². The van der Waals surface area contributed by atoms with Crippen molar-refractivity contribution in [1.29, 1.82) is 0 Å². The predicted octanol–water partition coefficient (Wildman–Crippen LogP) is 2.19. The normalized spacial score (nSPS) is 23.3. The Morgan fingerprint density at radius 2 is 2.22 bits per heavy atom. The number of carbonyl (C=O) groups excluding carboxylic acids is 2. The van der Waals surface area contributed by atoms with E-state index in [1.807, 2.05) is 6.07 Å². The summed E-state index contributed by atoms with van der Waals surface area (Å²) in [5, 5.41) is 0.558.